The number of esters is 1. The maximum Gasteiger partial charge on any atom is 0.331 e. The summed E-state index contributed by atoms with van der Waals surface area (Å²) in [5.41, 5.74) is 1.80. The van der Waals surface area contributed by atoms with Crippen LogP contribution in [0.1, 0.15) is 60.5 Å². The number of rotatable bonds is 13. The number of aryl methyl sites for hydroxylation is 1. The maximum atomic E-state index is 11.8. The molecule has 0 aliphatic heterocycles. The van der Waals surface area contributed by atoms with E-state index < -0.39 is 12.2 Å². The molecule has 0 radical (unpaired) electrons. The highest BCUT2D eigenvalue weighted by Gasteiger charge is 2.24. The van der Waals surface area contributed by atoms with E-state index in [4.69, 9.17) is 27.9 Å². The molecule has 0 aromatic carbocycles. The lowest BCUT2D eigenvalue weighted by Gasteiger charge is -2.32. The predicted octanol–water partition coefficient (Wildman–Crippen LogP) is 5.90. The first kappa shape index (κ1) is 30.2. The van der Waals surface area contributed by atoms with Gasteiger partial charge in [0.05, 0.1) is 18.0 Å². The summed E-state index contributed by atoms with van der Waals surface area (Å²) >= 11 is 13.7. The predicted molar refractivity (Wildman–Crippen MR) is 152 cm³/mol. The van der Waals surface area contributed by atoms with Crippen molar-refractivity contribution >= 4 is 46.1 Å². The minimum atomic E-state index is -0.889. The van der Waals surface area contributed by atoms with Gasteiger partial charge in [-0.25, -0.2) is 14.8 Å². The standard InChI is InChI=1S/C28H33Cl2N3O4S/c1-4-37-28(36)15-18(2)25-14-13-20(38-25)12-11-19(3)33(16-23(34)21-7-5-9-26(29)31-21)17-24(35)22-8-6-10-27(30)32-22/h5-10,13-15,19,23-24,34-35H,4,11-12,16-17H2,1-3H3. The Balaban J connectivity index is 1.71. The first-order valence-corrected chi connectivity index (χ1v) is 14.0. The molecule has 204 valence electrons. The second kappa shape index (κ2) is 14.7. The van der Waals surface area contributed by atoms with E-state index in [1.807, 2.05) is 17.9 Å². The third-order valence-electron chi connectivity index (χ3n) is 6.07. The van der Waals surface area contributed by atoms with E-state index in [2.05, 4.69) is 23.0 Å². The normalized spacial score (nSPS) is 14.4. The monoisotopic (exact) mass is 577 g/mol. The lowest BCUT2D eigenvalue weighted by Crippen LogP contribution is -2.40. The zero-order valence-electron chi connectivity index (χ0n) is 21.7. The van der Waals surface area contributed by atoms with E-state index in [0.29, 0.717) is 28.3 Å². The van der Waals surface area contributed by atoms with E-state index >= 15 is 0 Å². The summed E-state index contributed by atoms with van der Waals surface area (Å²) in [7, 11) is 0. The van der Waals surface area contributed by atoms with Crippen molar-refractivity contribution in [1.82, 2.24) is 14.9 Å². The summed E-state index contributed by atoms with van der Waals surface area (Å²) < 4.78 is 5.01. The minimum Gasteiger partial charge on any atom is -0.463 e. The number of hydrogen-bond donors (Lipinski definition) is 2. The van der Waals surface area contributed by atoms with E-state index in [-0.39, 0.29) is 25.1 Å². The molecule has 10 heteroatoms. The second-order valence-corrected chi connectivity index (χ2v) is 10.9. The topological polar surface area (TPSA) is 95.8 Å². The highest BCUT2D eigenvalue weighted by Crippen LogP contribution is 2.27. The van der Waals surface area contributed by atoms with Crippen LogP contribution in [0.3, 0.4) is 0 Å². The Morgan fingerprint density at radius 3 is 2.13 bits per heavy atom. The molecule has 3 aromatic rings. The molecular formula is C28H33Cl2N3O4S. The Morgan fingerprint density at radius 1 is 1.03 bits per heavy atom. The van der Waals surface area contributed by atoms with E-state index in [9.17, 15) is 15.0 Å². The average Bonchev–Trinajstić information content (AvgIpc) is 3.36. The zero-order valence-corrected chi connectivity index (χ0v) is 24.0. The van der Waals surface area contributed by atoms with Crippen molar-refractivity contribution in [1.29, 1.82) is 0 Å². The molecule has 3 rings (SSSR count). The minimum absolute atomic E-state index is 0.0133. The molecule has 0 bridgehead atoms. The van der Waals surface area contributed by atoms with E-state index in [0.717, 1.165) is 23.3 Å². The SMILES string of the molecule is CCOC(=O)C=C(C)c1ccc(CCC(C)N(CC(O)c2cccc(Cl)n2)CC(O)c2cccc(Cl)n2)s1. The fraction of sp³-hybridized carbons (Fsp3) is 0.393. The van der Waals surface area contributed by atoms with Crippen LogP contribution in [-0.4, -0.2) is 56.8 Å². The molecule has 38 heavy (non-hydrogen) atoms. The number of carbonyl (C=O) groups excluding carboxylic acids is 1. The highest BCUT2D eigenvalue weighted by molar-refractivity contribution is 7.13. The summed E-state index contributed by atoms with van der Waals surface area (Å²) in [5.74, 6) is -0.343. The molecular weight excluding hydrogens is 545 g/mol. The molecule has 0 saturated carbocycles. The van der Waals surface area contributed by atoms with Crippen molar-refractivity contribution in [3.63, 3.8) is 0 Å². The molecule has 0 fully saturated rings. The molecule has 7 nitrogen and oxygen atoms in total. The number of nitrogens with zero attached hydrogens (tertiary/aromatic N) is 3. The number of aliphatic hydroxyl groups excluding tert-OH is 2. The number of halogens is 2. The van der Waals surface area contributed by atoms with Crippen molar-refractivity contribution in [3.8, 4) is 0 Å². The number of aliphatic hydroxyl groups is 2. The van der Waals surface area contributed by atoms with Crippen LogP contribution in [0.2, 0.25) is 10.3 Å². The first-order valence-electron chi connectivity index (χ1n) is 12.5. The van der Waals surface area contributed by atoms with Gasteiger partial charge >= 0.3 is 5.97 Å². The van der Waals surface area contributed by atoms with Gasteiger partial charge in [-0.3, -0.25) is 4.90 Å². The van der Waals surface area contributed by atoms with Crippen LogP contribution >= 0.6 is 34.5 Å². The third-order valence-corrected chi connectivity index (χ3v) is 7.78. The van der Waals surface area contributed by atoms with Gasteiger partial charge in [0.15, 0.2) is 0 Å². The van der Waals surface area contributed by atoms with Crippen molar-refractivity contribution in [2.45, 2.75) is 51.9 Å². The zero-order chi connectivity index (χ0) is 27.7. The number of aromatic nitrogens is 2. The van der Waals surface area contributed by atoms with Crippen LogP contribution in [0.15, 0.2) is 54.6 Å². The van der Waals surface area contributed by atoms with Crippen molar-refractivity contribution in [2.24, 2.45) is 0 Å². The second-order valence-electron chi connectivity index (χ2n) is 8.99. The molecule has 3 atom stereocenters. The Kier molecular flexibility index (Phi) is 11.7. The molecule has 0 aliphatic carbocycles. The van der Waals surface area contributed by atoms with Crippen molar-refractivity contribution in [3.05, 3.63) is 86.1 Å². The van der Waals surface area contributed by atoms with Gasteiger partial charge in [-0.15, -0.1) is 11.3 Å². The molecule has 3 aromatic heterocycles. The summed E-state index contributed by atoms with van der Waals surface area (Å²) in [6.07, 6.45) is 1.32. The molecule has 0 saturated heterocycles. The number of allylic oxidation sites excluding steroid dienone is 1. The lowest BCUT2D eigenvalue weighted by molar-refractivity contribution is -0.137. The molecule has 3 unspecified atom stereocenters. The summed E-state index contributed by atoms with van der Waals surface area (Å²) in [6, 6.07) is 14.4. The van der Waals surface area contributed by atoms with Gasteiger partial charge in [0.25, 0.3) is 0 Å². The Morgan fingerprint density at radius 2 is 1.61 bits per heavy atom. The van der Waals surface area contributed by atoms with E-state index in [1.54, 1.807) is 54.7 Å². The largest absolute Gasteiger partial charge is 0.463 e. The number of hydrogen-bond acceptors (Lipinski definition) is 8. The van der Waals surface area contributed by atoms with Gasteiger partial charge in [-0.2, -0.15) is 0 Å². The smallest absolute Gasteiger partial charge is 0.331 e. The van der Waals surface area contributed by atoms with Crippen LogP contribution in [0.4, 0.5) is 0 Å². The van der Waals surface area contributed by atoms with Crippen molar-refractivity contribution < 1.29 is 19.7 Å². The number of ether oxygens (including phenoxy) is 1. The fourth-order valence-corrected chi connectivity index (χ4v) is 5.31. The molecule has 2 N–H and O–H groups in total. The lowest BCUT2D eigenvalue weighted by atomic mass is 10.1. The van der Waals surface area contributed by atoms with Crippen LogP contribution in [0.5, 0.6) is 0 Å². The fourth-order valence-electron chi connectivity index (χ4n) is 3.97. The number of carbonyl (C=O) groups is 1. The van der Waals surface area contributed by atoms with Crippen LogP contribution in [0, 0.1) is 0 Å². The summed E-state index contributed by atoms with van der Waals surface area (Å²) in [6.45, 7) is 6.59. The van der Waals surface area contributed by atoms with Gasteiger partial charge in [-0.05, 0) is 75.6 Å². The van der Waals surface area contributed by atoms with Gasteiger partial charge < -0.3 is 14.9 Å². The van der Waals surface area contributed by atoms with E-state index in [1.165, 1.54) is 11.0 Å². The highest BCUT2D eigenvalue weighted by atomic mass is 35.5. The Bertz CT molecular complexity index is 1180. The first-order chi connectivity index (χ1) is 18.2. The average molecular weight is 579 g/mol. The van der Waals surface area contributed by atoms with Gasteiger partial charge in [0, 0.05) is 35.0 Å². The van der Waals surface area contributed by atoms with Gasteiger partial charge in [0.2, 0.25) is 0 Å². The molecule has 0 aliphatic rings. The molecule has 0 amide bonds. The molecule has 0 spiro atoms. The quantitative estimate of drug-likeness (QED) is 0.148. The van der Waals surface area contributed by atoms with Crippen LogP contribution < -0.4 is 0 Å². The number of pyridine rings is 2. The Labute approximate surface area is 237 Å². The van der Waals surface area contributed by atoms with Crippen LogP contribution in [-0.2, 0) is 16.0 Å². The Hall–Kier alpha value is -2.33. The summed E-state index contributed by atoms with van der Waals surface area (Å²) in [4.78, 5) is 24.5. The third kappa shape index (κ3) is 9.15. The van der Waals surface area contributed by atoms with Crippen molar-refractivity contribution in [2.75, 3.05) is 19.7 Å². The maximum absolute atomic E-state index is 11.8. The molecule has 3 heterocycles. The summed E-state index contributed by atoms with van der Waals surface area (Å²) in [5, 5.41) is 22.5. The van der Waals surface area contributed by atoms with Gasteiger partial charge in [-0.1, -0.05) is 35.3 Å². The number of thiophene rings is 1. The van der Waals surface area contributed by atoms with Gasteiger partial charge in [0.1, 0.15) is 22.5 Å². The van der Waals surface area contributed by atoms with Crippen LogP contribution in [0.25, 0.3) is 5.57 Å².